The van der Waals surface area contributed by atoms with Crippen molar-refractivity contribution in [3.05, 3.63) is 0 Å². The Hall–Kier alpha value is -1.18. The fourth-order valence-corrected chi connectivity index (χ4v) is 3.85. The fourth-order valence-electron chi connectivity index (χ4n) is 3.85. The van der Waals surface area contributed by atoms with Gasteiger partial charge in [-0.3, -0.25) is 14.5 Å². The lowest BCUT2D eigenvalue weighted by molar-refractivity contribution is -0.145. The van der Waals surface area contributed by atoms with Gasteiger partial charge in [0, 0.05) is 53.9 Å². The lowest BCUT2D eigenvalue weighted by Gasteiger charge is -2.39. The van der Waals surface area contributed by atoms with E-state index in [1.165, 1.54) is 12.8 Å². The molecule has 2 fully saturated rings. The third-order valence-electron chi connectivity index (χ3n) is 5.35. The van der Waals surface area contributed by atoms with Crippen LogP contribution in [0.25, 0.3) is 0 Å². The molecule has 1 atom stereocenters. The Balaban J connectivity index is 2.14. The van der Waals surface area contributed by atoms with Crippen LogP contribution in [0.2, 0.25) is 0 Å². The third-order valence-corrected chi connectivity index (χ3v) is 5.35. The minimum atomic E-state index is -0.101. The van der Waals surface area contributed by atoms with Gasteiger partial charge in [0.2, 0.25) is 11.8 Å². The van der Waals surface area contributed by atoms with E-state index in [0.717, 1.165) is 39.0 Å². The molecule has 1 aliphatic carbocycles. The summed E-state index contributed by atoms with van der Waals surface area (Å²) in [4.78, 5) is 31.2. The maximum atomic E-state index is 13.4. The van der Waals surface area contributed by atoms with Gasteiger partial charge in [0.15, 0.2) is 0 Å². The van der Waals surface area contributed by atoms with Crippen molar-refractivity contribution in [3.63, 3.8) is 0 Å². The first-order valence-electron chi connectivity index (χ1n) is 9.47. The topological polar surface area (TPSA) is 65.1 Å². The van der Waals surface area contributed by atoms with Crippen LogP contribution in [0.4, 0.5) is 0 Å². The summed E-state index contributed by atoms with van der Waals surface area (Å²) in [7, 11) is 5.08. The average molecular weight is 354 g/mol. The number of piperazine rings is 1. The van der Waals surface area contributed by atoms with Gasteiger partial charge < -0.3 is 19.9 Å². The zero-order valence-corrected chi connectivity index (χ0v) is 16.0. The third kappa shape index (κ3) is 5.66. The summed E-state index contributed by atoms with van der Waals surface area (Å²) in [5, 5.41) is 3.36. The highest BCUT2D eigenvalue weighted by molar-refractivity contribution is 5.87. The number of hydrogen-bond donors (Lipinski definition) is 1. The van der Waals surface area contributed by atoms with E-state index in [4.69, 9.17) is 4.74 Å². The van der Waals surface area contributed by atoms with Gasteiger partial charge in [0.05, 0.1) is 19.2 Å². The first-order valence-corrected chi connectivity index (χ1v) is 9.47. The molecule has 2 amide bonds. The summed E-state index contributed by atoms with van der Waals surface area (Å²) in [5.74, 6) is 0.459. The van der Waals surface area contributed by atoms with Crippen molar-refractivity contribution in [3.8, 4) is 0 Å². The Labute approximate surface area is 151 Å². The van der Waals surface area contributed by atoms with E-state index < -0.39 is 0 Å². The Morgan fingerprint density at radius 3 is 2.40 bits per heavy atom. The van der Waals surface area contributed by atoms with Crippen LogP contribution in [-0.2, 0) is 14.3 Å². The van der Waals surface area contributed by atoms with Crippen molar-refractivity contribution in [1.29, 1.82) is 0 Å². The molecule has 0 aromatic heterocycles. The summed E-state index contributed by atoms with van der Waals surface area (Å²) in [6, 6.07) is -0.101. The summed E-state index contributed by atoms with van der Waals surface area (Å²) in [6.45, 7) is 4.68. The maximum Gasteiger partial charge on any atom is 0.241 e. The summed E-state index contributed by atoms with van der Waals surface area (Å²) < 4.78 is 5.17. The first-order chi connectivity index (χ1) is 12.0. The Kier molecular flexibility index (Phi) is 8.12. The number of amides is 2. The predicted octanol–water partition coefficient (Wildman–Crippen LogP) is 0.0136. The highest BCUT2D eigenvalue weighted by atomic mass is 16.5. The van der Waals surface area contributed by atoms with Crippen LogP contribution in [-0.4, -0.2) is 99.6 Å². The Morgan fingerprint density at radius 2 is 1.84 bits per heavy atom. The zero-order chi connectivity index (χ0) is 18.2. The molecule has 0 aromatic rings. The zero-order valence-electron chi connectivity index (χ0n) is 16.0. The molecular weight excluding hydrogens is 320 g/mol. The van der Waals surface area contributed by atoms with Crippen molar-refractivity contribution in [2.75, 3.05) is 67.1 Å². The van der Waals surface area contributed by atoms with E-state index in [9.17, 15) is 9.59 Å². The molecule has 0 bridgehead atoms. The maximum absolute atomic E-state index is 13.4. The van der Waals surface area contributed by atoms with Crippen LogP contribution in [0.3, 0.4) is 0 Å². The molecule has 2 rings (SSSR count). The SMILES string of the molecule is COCCN(CC(=O)N(C)C)C(=O)C(C1CCCC1)N1CCNCC1. The van der Waals surface area contributed by atoms with Crippen LogP contribution in [0.1, 0.15) is 25.7 Å². The van der Waals surface area contributed by atoms with Gasteiger partial charge in [0.25, 0.3) is 0 Å². The molecule has 25 heavy (non-hydrogen) atoms. The van der Waals surface area contributed by atoms with Gasteiger partial charge in [-0.25, -0.2) is 0 Å². The number of ether oxygens (including phenoxy) is 1. The van der Waals surface area contributed by atoms with Crippen molar-refractivity contribution in [2.45, 2.75) is 31.7 Å². The highest BCUT2D eigenvalue weighted by Gasteiger charge is 2.38. The molecule has 7 nitrogen and oxygen atoms in total. The normalized spacial score (nSPS) is 20.4. The molecule has 0 spiro atoms. The van der Waals surface area contributed by atoms with E-state index in [-0.39, 0.29) is 24.4 Å². The minimum Gasteiger partial charge on any atom is -0.383 e. The van der Waals surface area contributed by atoms with E-state index in [2.05, 4.69) is 10.2 Å². The number of carbonyl (C=O) groups excluding carboxylic acids is 2. The second-order valence-electron chi connectivity index (χ2n) is 7.32. The second kappa shape index (κ2) is 10.1. The lowest BCUT2D eigenvalue weighted by Crippen LogP contribution is -2.58. The van der Waals surface area contributed by atoms with Gasteiger partial charge in [-0.2, -0.15) is 0 Å². The van der Waals surface area contributed by atoms with Crippen LogP contribution < -0.4 is 5.32 Å². The summed E-state index contributed by atoms with van der Waals surface area (Å²) in [6.07, 6.45) is 4.63. The largest absolute Gasteiger partial charge is 0.383 e. The van der Waals surface area contributed by atoms with Gasteiger partial charge in [-0.05, 0) is 18.8 Å². The van der Waals surface area contributed by atoms with Crippen LogP contribution in [0.15, 0.2) is 0 Å². The Morgan fingerprint density at radius 1 is 1.20 bits per heavy atom. The van der Waals surface area contributed by atoms with Crippen molar-refractivity contribution < 1.29 is 14.3 Å². The quantitative estimate of drug-likeness (QED) is 0.665. The molecule has 1 saturated carbocycles. The number of nitrogens with zero attached hydrogens (tertiary/aromatic N) is 3. The van der Waals surface area contributed by atoms with Gasteiger partial charge in [-0.1, -0.05) is 12.8 Å². The molecule has 0 aromatic carbocycles. The molecule has 1 saturated heterocycles. The number of hydrogen-bond acceptors (Lipinski definition) is 5. The van der Waals surface area contributed by atoms with Gasteiger partial charge in [0.1, 0.15) is 0 Å². The average Bonchev–Trinajstić information content (AvgIpc) is 3.13. The number of carbonyl (C=O) groups is 2. The second-order valence-corrected chi connectivity index (χ2v) is 7.32. The number of rotatable bonds is 8. The van der Waals surface area contributed by atoms with E-state index in [0.29, 0.717) is 19.1 Å². The van der Waals surface area contributed by atoms with Crippen molar-refractivity contribution in [2.24, 2.45) is 5.92 Å². The van der Waals surface area contributed by atoms with Crippen molar-refractivity contribution in [1.82, 2.24) is 20.0 Å². The molecule has 1 aliphatic heterocycles. The molecule has 7 heteroatoms. The Bertz CT molecular complexity index is 432. The molecule has 0 radical (unpaired) electrons. The molecule has 1 unspecified atom stereocenters. The molecule has 2 aliphatic rings. The van der Waals surface area contributed by atoms with E-state index in [1.807, 2.05) is 0 Å². The summed E-state index contributed by atoms with van der Waals surface area (Å²) in [5.41, 5.74) is 0. The fraction of sp³-hybridized carbons (Fsp3) is 0.889. The number of nitrogens with one attached hydrogen (secondary N) is 1. The molecular formula is C18H34N4O3. The molecule has 144 valence electrons. The monoisotopic (exact) mass is 354 g/mol. The highest BCUT2D eigenvalue weighted by Crippen LogP contribution is 2.31. The standard InChI is InChI=1S/C18H34N4O3/c1-20(2)16(23)14-22(12-13-25-3)18(24)17(15-6-4-5-7-15)21-10-8-19-9-11-21/h15,17,19H,4-14H2,1-3H3. The van der Waals surface area contributed by atoms with E-state index >= 15 is 0 Å². The predicted molar refractivity (Wildman–Crippen MR) is 97.3 cm³/mol. The lowest BCUT2D eigenvalue weighted by atomic mass is 9.94. The van der Waals surface area contributed by atoms with Gasteiger partial charge >= 0.3 is 0 Å². The number of likely N-dealkylation sites (N-methyl/N-ethyl adjacent to an activating group) is 1. The minimum absolute atomic E-state index is 0.0464. The van der Waals surface area contributed by atoms with Crippen LogP contribution in [0.5, 0.6) is 0 Å². The number of methoxy groups -OCH3 is 1. The van der Waals surface area contributed by atoms with Crippen LogP contribution in [0, 0.1) is 5.92 Å². The van der Waals surface area contributed by atoms with E-state index in [1.54, 1.807) is 31.0 Å². The van der Waals surface area contributed by atoms with Crippen molar-refractivity contribution >= 4 is 11.8 Å². The molecule has 1 heterocycles. The van der Waals surface area contributed by atoms with Crippen LogP contribution >= 0.6 is 0 Å². The smallest absolute Gasteiger partial charge is 0.241 e. The van der Waals surface area contributed by atoms with Gasteiger partial charge in [-0.15, -0.1) is 0 Å². The molecule has 1 N–H and O–H groups in total. The first kappa shape index (κ1) is 20.1. The summed E-state index contributed by atoms with van der Waals surface area (Å²) >= 11 is 0.